The SMILES string of the molecule is COC(=O)[C@H](CC(C)C)NC(=O)Cn1cnc2sc3c(c2c1=O)CC[C@H](C)C3. The highest BCUT2D eigenvalue weighted by molar-refractivity contribution is 7.18. The van der Waals surface area contributed by atoms with Crippen molar-refractivity contribution < 1.29 is 14.3 Å². The van der Waals surface area contributed by atoms with Gasteiger partial charge in [-0.25, -0.2) is 9.78 Å². The van der Waals surface area contributed by atoms with Gasteiger partial charge in [-0.3, -0.25) is 14.2 Å². The molecule has 152 valence electrons. The smallest absolute Gasteiger partial charge is 0.328 e. The molecule has 1 amide bonds. The Hall–Kier alpha value is -2.22. The van der Waals surface area contributed by atoms with E-state index in [1.165, 1.54) is 22.9 Å². The molecule has 28 heavy (non-hydrogen) atoms. The zero-order valence-corrected chi connectivity index (χ0v) is 17.6. The Balaban J connectivity index is 1.82. The first-order valence-electron chi connectivity index (χ1n) is 9.67. The number of methoxy groups -OCH3 is 1. The standard InChI is InChI=1S/C20H27N3O4S/c1-11(2)7-14(20(26)27-4)22-16(24)9-23-10-21-18-17(19(23)25)13-6-5-12(3)8-15(13)28-18/h10-12,14H,5-9H2,1-4H3,(H,22,24)/t12-,14-/m0/s1. The van der Waals surface area contributed by atoms with Gasteiger partial charge in [-0.2, -0.15) is 0 Å². The van der Waals surface area contributed by atoms with Crippen molar-refractivity contribution in [3.05, 3.63) is 27.1 Å². The van der Waals surface area contributed by atoms with Crippen LogP contribution >= 0.6 is 11.3 Å². The van der Waals surface area contributed by atoms with E-state index >= 15 is 0 Å². The summed E-state index contributed by atoms with van der Waals surface area (Å²) in [6.07, 6.45) is 4.81. The normalized spacial score (nSPS) is 17.4. The molecule has 2 aromatic heterocycles. The molecule has 0 radical (unpaired) electrons. The second kappa shape index (κ2) is 8.43. The van der Waals surface area contributed by atoms with E-state index in [9.17, 15) is 14.4 Å². The summed E-state index contributed by atoms with van der Waals surface area (Å²) in [7, 11) is 1.30. The van der Waals surface area contributed by atoms with Crippen LogP contribution in [-0.2, 0) is 33.7 Å². The lowest BCUT2D eigenvalue weighted by atomic mass is 9.89. The largest absolute Gasteiger partial charge is 0.467 e. The van der Waals surface area contributed by atoms with E-state index in [-0.39, 0.29) is 18.0 Å². The maximum Gasteiger partial charge on any atom is 0.328 e. The van der Waals surface area contributed by atoms with Gasteiger partial charge in [0.25, 0.3) is 5.56 Å². The summed E-state index contributed by atoms with van der Waals surface area (Å²) >= 11 is 1.58. The number of amides is 1. The molecule has 0 aromatic carbocycles. The summed E-state index contributed by atoms with van der Waals surface area (Å²) in [5.41, 5.74) is 0.906. The molecule has 2 atom stereocenters. The van der Waals surface area contributed by atoms with Crippen molar-refractivity contribution in [2.45, 2.75) is 59.0 Å². The predicted octanol–water partition coefficient (Wildman–Crippen LogP) is 2.29. The molecule has 1 aliphatic rings. The van der Waals surface area contributed by atoms with Crippen LogP contribution in [0, 0.1) is 11.8 Å². The van der Waals surface area contributed by atoms with Crippen LogP contribution in [0.1, 0.15) is 44.1 Å². The monoisotopic (exact) mass is 405 g/mol. The van der Waals surface area contributed by atoms with Gasteiger partial charge >= 0.3 is 5.97 Å². The van der Waals surface area contributed by atoms with E-state index in [2.05, 4.69) is 17.2 Å². The van der Waals surface area contributed by atoms with Crippen molar-refractivity contribution in [1.82, 2.24) is 14.9 Å². The molecule has 7 nitrogen and oxygen atoms in total. The third-order valence-corrected chi connectivity index (χ3v) is 6.29. The van der Waals surface area contributed by atoms with Gasteiger partial charge in [0.1, 0.15) is 17.4 Å². The Morgan fingerprint density at radius 2 is 2.18 bits per heavy atom. The second-order valence-corrected chi connectivity index (χ2v) is 9.07. The summed E-state index contributed by atoms with van der Waals surface area (Å²) in [6.45, 7) is 5.97. The van der Waals surface area contributed by atoms with Crippen LogP contribution in [0.5, 0.6) is 0 Å². The minimum atomic E-state index is -0.722. The summed E-state index contributed by atoms with van der Waals surface area (Å²) in [6, 6.07) is -0.722. The first-order valence-corrected chi connectivity index (χ1v) is 10.5. The summed E-state index contributed by atoms with van der Waals surface area (Å²) in [5, 5.41) is 3.33. The number of aromatic nitrogens is 2. The molecule has 0 saturated heterocycles. The number of nitrogens with one attached hydrogen (secondary N) is 1. The molecular weight excluding hydrogens is 378 g/mol. The summed E-state index contributed by atoms with van der Waals surface area (Å²) in [4.78, 5) is 43.8. The fourth-order valence-electron chi connectivity index (χ4n) is 3.70. The Labute approximate surface area is 168 Å². The third-order valence-electron chi connectivity index (χ3n) is 5.12. The number of nitrogens with zero attached hydrogens (tertiary/aromatic N) is 2. The van der Waals surface area contributed by atoms with E-state index in [0.29, 0.717) is 17.7 Å². The van der Waals surface area contributed by atoms with E-state index in [4.69, 9.17) is 4.74 Å². The number of hydrogen-bond acceptors (Lipinski definition) is 6. The highest BCUT2D eigenvalue weighted by Gasteiger charge is 2.25. The number of ether oxygens (including phenoxy) is 1. The molecule has 0 unspecified atom stereocenters. The third kappa shape index (κ3) is 4.27. The molecule has 2 aromatic rings. The quantitative estimate of drug-likeness (QED) is 0.745. The summed E-state index contributed by atoms with van der Waals surface area (Å²) in [5.74, 6) is -0.0596. The van der Waals surface area contributed by atoms with Crippen LogP contribution in [0.3, 0.4) is 0 Å². The lowest BCUT2D eigenvalue weighted by Gasteiger charge is -2.19. The number of carbonyl (C=O) groups excluding carboxylic acids is 2. The number of hydrogen-bond donors (Lipinski definition) is 1. The van der Waals surface area contributed by atoms with E-state index in [1.54, 1.807) is 11.3 Å². The molecular formula is C20H27N3O4S. The number of fused-ring (bicyclic) bond motifs is 3. The van der Waals surface area contributed by atoms with Crippen molar-refractivity contribution >= 4 is 33.4 Å². The van der Waals surface area contributed by atoms with Crippen molar-refractivity contribution in [2.24, 2.45) is 11.8 Å². The molecule has 3 rings (SSSR count). The molecule has 0 bridgehead atoms. The molecule has 0 spiro atoms. The van der Waals surface area contributed by atoms with Crippen molar-refractivity contribution in [2.75, 3.05) is 7.11 Å². The molecule has 2 heterocycles. The fraction of sp³-hybridized carbons (Fsp3) is 0.600. The number of aryl methyl sites for hydroxylation is 1. The zero-order chi connectivity index (χ0) is 20.4. The second-order valence-electron chi connectivity index (χ2n) is 7.98. The Bertz CT molecular complexity index is 947. The van der Waals surface area contributed by atoms with Crippen molar-refractivity contribution in [3.8, 4) is 0 Å². The number of thiophene rings is 1. The number of rotatable bonds is 6. The zero-order valence-electron chi connectivity index (χ0n) is 16.8. The molecule has 1 aliphatic carbocycles. The molecule has 0 aliphatic heterocycles. The van der Waals surface area contributed by atoms with Crippen LogP contribution in [0.2, 0.25) is 0 Å². The van der Waals surface area contributed by atoms with Crippen LogP contribution in [0.4, 0.5) is 0 Å². The Morgan fingerprint density at radius 3 is 2.86 bits per heavy atom. The Morgan fingerprint density at radius 1 is 1.43 bits per heavy atom. The molecule has 0 saturated carbocycles. The van der Waals surface area contributed by atoms with Crippen LogP contribution in [-0.4, -0.2) is 34.6 Å². The lowest BCUT2D eigenvalue weighted by Crippen LogP contribution is -2.44. The first kappa shape index (κ1) is 20.5. The van der Waals surface area contributed by atoms with Gasteiger partial charge in [-0.15, -0.1) is 11.3 Å². The van der Waals surface area contributed by atoms with Crippen LogP contribution in [0.25, 0.3) is 10.2 Å². The van der Waals surface area contributed by atoms with Gasteiger partial charge in [0.2, 0.25) is 5.91 Å². The topological polar surface area (TPSA) is 90.3 Å². The van der Waals surface area contributed by atoms with Crippen molar-refractivity contribution in [3.63, 3.8) is 0 Å². The fourth-order valence-corrected chi connectivity index (χ4v) is 5.04. The average Bonchev–Trinajstić information content (AvgIpc) is 3.00. The highest BCUT2D eigenvalue weighted by atomic mass is 32.1. The molecule has 8 heteroatoms. The molecule has 0 fully saturated rings. The first-order chi connectivity index (χ1) is 13.3. The highest BCUT2D eigenvalue weighted by Crippen LogP contribution is 2.35. The molecule has 1 N–H and O–H groups in total. The minimum absolute atomic E-state index is 0.172. The van der Waals surface area contributed by atoms with E-state index < -0.39 is 17.9 Å². The average molecular weight is 406 g/mol. The lowest BCUT2D eigenvalue weighted by molar-refractivity contribution is -0.145. The number of carbonyl (C=O) groups is 2. The van der Waals surface area contributed by atoms with Gasteiger partial charge in [0.15, 0.2) is 0 Å². The van der Waals surface area contributed by atoms with E-state index in [1.807, 2.05) is 13.8 Å². The van der Waals surface area contributed by atoms with Gasteiger partial charge in [0.05, 0.1) is 18.8 Å². The summed E-state index contributed by atoms with van der Waals surface area (Å²) < 4.78 is 6.10. The van der Waals surface area contributed by atoms with Gasteiger partial charge in [-0.1, -0.05) is 20.8 Å². The maximum atomic E-state index is 13.0. The van der Waals surface area contributed by atoms with Gasteiger partial charge < -0.3 is 10.1 Å². The van der Waals surface area contributed by atoms with Gasteiger partial charge in [-0.05, 0) is 43.1 Å². The van der Waals surface area contributed by atoms with Crippen LogP contribution in [0.15, 0.2) is 11.1 Å². The van der Waals surface area contributed by atoms with E-state index in [0.717, 1.165) is 29.7 Å². The van der Waals surface area contributed by atoms with Gasteiger partial charge in [0, 0.05) is 4.88 Å². The Kier molecular flexibility index (Phi) is 6.17. The maximum absolute atomic E-state index is 13.0. The minimum Gasteiger partial charge on any atom is -0.467 e. The number of esters is 1. The predicted molar refractivity (Wildman–Crippen MR) is 108 cm³/mol. The van der Waals surface area contributed by atoms with Crippen molar-refractivity contribution in [1.29, 1.82) is 0 Å². The van der Waals surface area contributed by atoms with Crippen LogP contribution < -0.4 is 10.9 Å².